The lowest BCUT2D eigenvalue weighted by Crippen LogP contribution is -2.18. The van der Waals surface area contributed by atoms with Gasteiger partial charge in [0.1, 0.15) is 0 Å². The van der Waals surface area contributed by atoms with E-state index in [1.807, 2.05) is 0 Å². The summed E-state index contributed by atoms with van der Waals surface area (Å²) in [6.07, 6.45) is 0. The average Bonchev–Trinajstić information content (AvgIpc) is 2.38. The fourth-order valence-corrected chi connectivity index (χ4v) is 3.50. The van der Waals surface area contributed by atoms with Crippen LogP contribution in [0.15, 0.2) is 10.5 Å². The Kier molecular flexibility index (Phi) is 1.77. The second-order valence-electron chi connectivity index (χ2n) is 3.71. The van der Waals surface area contributed by atoms with Gasteiger partial charge in [-0.05, 0) is 24.4 Å². The van der Waals surface area contributed by atoms with Crippen molar-refractivity contribution in [1.82, 2.24) is 4.90 Å². The molecular formula is C9H15NS. The normalized spacial score (nSPS) is 38.5. The number of allylic oxidation sites excluding steroid dienone is 1. The molecule has 0 spiro atoms. The number of nitrogens with zero attached hydrogens (tertiary/aromatic N) is 1. The largest absolute Gasteiger partial charge is 0.302 e. The lowest BCUT2D eigenvalue weighted by atomic mass is 10.0. The maximum Gasteiger partial charge on any atom is 0.0204 e. The van der Waals surface area contributed by atoms with E-state index in [4.69, 9.17) is 0 Å². The monoisotopic (exact) mass is 169 g/mol. The van der Waals surface area contributed by atoms with Gasteiger partial charge in [0.25, 0.3) is 0 Å². The second-order valence-corrected chi connectivity index (χ2v) is 5.30. The number of hydrogen-bond donors (Lipinski definition) is 0. The number of likely N-dealkylation sites (N-methyl/N-ethyl adjacent to an activating group) is 1. The fraction of sp³-hybridized carbons (Fsp3) is 0.778. The smallest absolute Gasteiger partial charge is 0.0204 e. The Morgan fingerprint density at radius 1 is 1.55 bits per heavy atom. The summed E-state index contributed by atoms with van der Waals surface area (Å²) in [5.41, 5.74) is 1.71. The second kappa shape index (κ2) is 2.53. The minimum Gasteiger partial charge on any atom is -0.302 e. The minimum absolute atomic E-state index is 0.829. The van der Waals surface area contributed by atoms with E-state index >= 15 is 0 Å². The van der Waals surface area contributed by atoms with Gasteiger partial charge in [0, 0.05) is 24.3 Å². The Balaban J connectivity index is 2.25. The molecule has 2 aliphatic rings. The molecule has 0 aromatic heterocycles. The number of fused-ring (bicyclic) bond motifs is 1. The average molecular weight is 169 g/mol. The van der Waals surface area contributed by atoms with Gasteiger partial charge in [-0.2, -0.15) is 0 Å². The number of rotatable bonds is 0. The molecule has 0 radical (unpaired) electrons. The van der Waals surface area contributed by atoms with Gasteiger partial charge >= 0.3 is 0 Å². The van der Waals surface area contributed by atoms with Crippen molar-refractivity contribution in [2.24, 2.45) is 5.92 Å². The Labute approximate surface area is 72.8 Å². The van der Waals surface area contributed by atoms with Crippen LogP contribution < -0.4 is 0 Å². The summed E-state index contributed by atoms with van der Waals surface area (Å²) in [5, 5.41) is 0.829. The molecule has 1 saturated heterocycles. The third kappa shape index (κ3) is 1.13. The molecule has 62 valence electrons. The molecule has 2 unspecified atom stereocenters. The van der Waals surface area contributed by atoms with E-state index < -0.39 is 0 Å². The van der Waals surface area contributed by atoms with Crippen LogP contribution in [0.5, 0.6) is 0 Å². The van der Waals surface area contributed by atoms with Gasteiger partial charge in [-0.1, -0.05) is 6.92 Å². The predicted octanol–water partition coefficient (Wildman–Crippen LogP) is 1.96. The summed E-state index contributed by atoms with van der Waals surface area (Å²) >= 11 is 2.07. The number of hydrogen-bond acceptors (Lipinski definition) is 2. The molecule has 2 aliphatic heterocycles. The zero-order chi connectivity index (χ0) is 8.01. The van der Waals surface area contributed by atoms with E-state index in [1.54, 1.807) is 10.5 Å². The van der Waals surface area contributed by atoms with E-state index in [9.17, 15) is 0 Å². The van der Waals surface area contributed by atoms with Crippen molar-refractivity contribution < 1.29 is 0 Å². The summed E-state index contributed by atoms with van der Waals surface area (Å²) in [6.45, 7) is 7.12. The lowest BCUT2D eigenvalue weighted by molar-refractivity contribution is 0.394. The van der Waals surface area contributed by atoms with E-state index in [-0.39, 0.29) is 0 Å². The van der Waals surface area contributed by atoms with Gasteiger partial charge in [-0.3, -0.25) is 0 Å². The molecule has 2 rings (SSSR count). The molecule has 0 aromatic carbocycles. The van der Waals surface area contributed by atoms with Gasteiger partial charge in [-0.15, -0.1) is 11.8 Å². The Bertz CT molecular complexity index is 210. The first-order valence-corrected chi connectivity index (χ1v) is 5.11. The van der Waals surface area contributed by atoms with Crippen LogP contribution in [0.3, 0.4) is 0 Å². The first-order valence-electron chi connectivity index (χ1n) is 4.23. The van der Waals surface area contributed by atoms with Crippen molar-refractivity contribution in [2.45, 2.75) is 19.1 Å². The molecule has 1 fully saturated rings. The van der Waals surface area contributed by atoms with Crippen molar-refractivity contribution in [3.8, 4) is 0 Å². The van der Waals surface area contributed by atoms with Gasteiger partial charge in [0.2, 0.25) is 0 Å². The molecule has 0 bridgehead atoms. The lowest BCUT2D eigenvalue weighted by Gasteiger charge is -2.12. The van der Waals surface area contributed by atoms with Gasteiger partial charge in [0.15, 0.2) is 0 Å². The summed E-state index contributed by atoms with van der Waals surface area (Å²) in [6, 6.07) is 0. The van der Waals surface area contributed by atoms with E-state index in [0.717, 1.165) is 11.2 Å². The molecule has 0 saturated carbocycles. The zero-order valence-corrected chi connectivity index (χ0v) is 8.24. The molecule has 2 heteroatoms. The minimum atomic E-state index is 0.829. The van der Waals surface area contributed by atoms with Crippen LogP contribution in [0.4, 0.5) is 0 Å². The van der Waals surface area contributed by atoms with Gasteiger partial charge < -0.3 is 4.90 Å². The third-order valence-electron chi connectivity index (χ3n) is 2.78. The van der Waals surface area contributed by atoms with Crippen LogP contribution in [0.1, 0.15) is 13.8 Å². The van der Waals surface area contributed by atoms with Crippen molar-refractivity contribution in [2.75, 3.05) is 20.1 Å². The van der Waals surface area contributed by atoms with Gasteiger partial charge in [-0.25, -0.2) is 0 Å². The third-order valence-corrected chi connectivity index (χ3v) is 4.09. The maximum absolute atomic E-state index is 2.43. The summed E-state index contributed by atoms with van der Waals surface area (Å²) in [5.74, 6) is 0.866. The van der Waals surface area contributed by atoms with Crippen molar-refractivity contribution >= 4 is 11.8 Å². The van der Waals surface area contributed by atoms with Gasteiger partial charge in [0.05, 0.1) is 0 Å². The Hall–Kier alpha value is 0.0500. The highest BCUT2D eigenvalue weighted by molar-refractivity contribution is 8.03. The molecule has 0 amide bonds. The molecule has 2 heterocycles. The van der Waals surface area contributed by atoms with Crippen LogP contribution in [-0.4, -0.2) is 30.3 Å². The van der Waals surface area contributed by atoms with E-state index in [2.05, 4.69) is 37.6 Å². The number of likely N-dealkylation sites (tertiary alicyclic amines) is 1. The quantitative estimate of drug-likeness (QED) is 0.545. The van der Waals surface area contributed by atoms with Crippen LogP contribution in [0.25, 0.3) is 0 Å². The standard InChI is InChI=1S/C9H15NS/c1-6-8-4-10(3)5-9(8)7(2)11-6/h6,8H,4-5H2,1-3H3. The summed E-state index contributed by atoms with van der Waals surface area (Å²) in [7, 11) is 2.22. The zero-order valence-electron chi connectivity index (χ0n) is 7.42. The summed E-state index contributed by atoms with van der Waals surface area (Å²) in [4.78, 5) is 4.02. The van der Waals surface area contributed by atoms with E-state index in [0.29, 0.717) is 0 Å². The molecule has 0 N–H and O–H groups in total. The molecular weight excluding hydrogens is 154 g/mol. The topological polar surface area (TPSA) is 3.24 Å². The predicted molar refractivity (Wildman–Crippen MR) is 50.7 cm³/mol. The highest BCUT2D eigenvalue weighted by Gasteiger charge is 2.36. The Morgan fingerprint density at radius 3 is 2.91 bits per heavy atom. The first-order chi connectivity index (χ1) is 5.18. The molecule has 1 nitrogen and oxygen atoms in total. The first kappa shape index (κ1) is 7.69. The van der Waals surface area contributed by atoms with Crippen molar-refractivity contribution in [3.05, 3.63) is 10.5 Å². The molecule has 2 atom stereocenters. The highest BCUT2D eigenvalue weighted by Crippen LogP contribution is 2.44. The van der Waals surface area contributed by atoms with Crippen LogP contribution in [-0.2, 0) is 0 Å². The molecule has 0 aliphatic carbocycles. The fourth-order valence-electron chi connectivity index (χ4n) is 2.16. The van der Waals surface area contributed by atoms with Crippen LogP contribution in [0, 0.1) is 5.92 Å². The number of thioether (sulfide) groups is 1. The summed E-state index contributed by atoms with van der Waals surface area (Å²) < 4.78 is 0. The maximum atomic E-state index is 2.43. The van der Waals surface area contributed by atoms with Crippen LogP contribution in [0.2, 0.25) is 0 Å². The highest BCUT2D eigenvalue weighted by atomic mass is 32.2. The van der Waals surface area contributed by atoms with Crippen LogP contribution >= 0.6 is 11.8 Å². The van der Waals surface area contributed by atoms with E-state index in [1.165, 1.54) is 13.1 Å². The Morgan fingerprint density at radius 2 is 2.27 bits per heavy atom. The molecule has 0 aromatic rings. The SMILES string of the molecule is CC1=C2CN(C)CC2C(C)S1. The van der Waals surface area contributed by atoms with Crippen molar-refractivity contribution in [1.29, 1.82) is 0 Å². The molecule has 11 heavy (non-hydrogen) atoms. The van der Waals surface area contributed by atoms with Crippen molar-refractivity contribution in [3.63, 3.8) is 0 Å².